The highest BCUT2D eigenvalue weighted by Crippen LogP contribution is 2.29. The van der Waals surface area contributed by atoms with Gasteiger partial charge < -0.3 is 14.2 Å². The van der Waals surface area contributed by atoms with Crippen LogP contribution in [-0.2, 0) is 24.2 Å². The monoisotopic (exact) mass is 465 g/mol. The van der Waals surface area contributed by atoms with Crippen molar-refractivity contribution in [3.63, 3.8) is 0 Å². The molecule has 0 spiro atoms. The zero-order chi connectivity index (χ0) is 22.8. The van der Waals surface area contributed by atoms with Gasteiger partial charge in [-0.05, 0) is 50.8 Å². The average molecular weight is 466 g/mol. The molecule has 2 aliphatic heterocycles. The number of nitrogens with zero attached hydrogens (tertiary/aromatic N) is 1. The zero-order valence-electron chi connectivity index (χ0n) is 19.6. The third-order valence-corrected chi connectivity index (χ3v) is 8.29. The van der Waals surface area contributed by atoms with Crippen molar-refractivity contribution in [1.82, 2.24) is 4.31 Å². The summed E-state index contributed by atoms with van der Waals surface area (Å²) >= 11 is 0. The van der Waals surface area contributed by atoms with E-state index >= 15 is 0 Å². The van der Waals surface area contributed by atoms with E-state index in [0.717, 1.165) is 63.1 Å². The minimum Gasteiger partial charge on any atom is -0.501 e. The summed E-state index contributed by atoms with van der Waals surface area (Å²) in [5, 5.41) is 0. The Morgan fingerprint density at radius 1 is 0.969 bits per heavy atom. The minimum absolute atomic E-state index is 0.000418. The van der Waals surface area contributed by atoms with Gasteiger partial charge in [0.1, 0.15) is 0 Å². The minimum atomic E-state index is -3.52. The van der Waals surface area contributed by atoms with E-state index in [1.54, 1.807) is 23.5 Å². The van der Waals surface area contributed by atoms with Crippen molar-refractivity contribution < 1.29 is 22.6 Å². The molecule has 1 atom stereocenters. The molecule has 7 heteroatoms. The Balaban J connectivity index is 1.43. The maximum absolute atomic E-state index is 13.3. The van der Waals surface area contributed by atoms with Crippen LogP contribution < -0.4 is 0 Å². The van der Waals surface area contributed by atoms with Crippen molar-refractivity contribution in [1.29, 1.82) is 0 Å². The van der Waals surface area contributed by atoms with E-state index in [0.29, 0.717) is 17.9 Å². The number of aryl methyl sites for hydroxylation is 1. The van der Waals surface area contributed by atoms with Gasteiger partial charge in [0.2, 0.25) is 10.0 Å². The number of benzene rings is 1. The lowest BCUT2D eigenvalue weighted by molar-refractivity contribution is -0.181. The third kappa shape index (κ3) is 7.30. The number of unbranched alkanes of at least 4 members (excludes halogenated alkanes) is 5. The highest BCUT2D eigenvalue weighted by Gasteiger charge is 2.33. The molecule has 1 aromatic carbocycles. The van der Waals surface area contributed by atoms with Gasteiger partial charge in [0.05, 0.1) is 31.0 Å². The van der Waals surface area contributed by atoms with E-state index in [2.05, 4.69) is 0 Å². The Bertz CT molecular complexity index is 815. The summed E-state index contributed by atoms with van der Waals surface area (Å²) in [5.74, 6) is 0.887. The van der Waals surface area contributed by atoms with Gasteiger partial charge in [-0.25, -0.2) is 8.42 Å². The number of ether oxygens (including phenoxy) is 3. The van der Waals surface area contributed by atoms with Crippen molar-refractivity contribution in [2.24, 2.45) is 0 Å². The maximum atomic E-state index is 13.3. The standard InChI is InChI=1S/C25H39NO5S/c1-21-12-14-24(15-13-21)32(27,28)26-17-16-23(29-2)20-22(26)10-7-5-3-4-6-8-11-25-30-18-9-19-31-25/h12-16,22,25H,3-11,17-20H2,1-2H3. The molecule has 0 saturated carbocycles. The first-order valence-electron chi connectivity index (χ1n) is 12.1. The van der Waals surface area contributed by atoms with Crippen molar-refractivity contribution in [3.8, 4) is 0 Å². The summed E-state index contributed by atoms with van der Waals surface area (Å²) < 4.78 is 44.8. The summed E-state index contributed by atoms with van der Waals surface area (Å²) in [5.41, 5.74) is 1.06. The van der Waals surface area contributed by atoms with Gasteiger partial charge in [-0.2, -0.15) is 4.31 Å². The molecule has 6 nitrogen and oxygen atoms in total. The lowest BCUT2D eigenvalue weighted by atomic mass is 10.0. The van der Waals surface area contributed by atoms with Crippen LogP contribution in [0.25, 0.3) is 0 Å². The van der Waals surface area contributed by atoms with Gasteiger partial charge in [-0.3, -0.25) is 0 Å². The van der Waals surface area contributed by atoms with Gasteiger partial charge >= 0.3 is 0 Å². The van der Waals surface area contributed by atoms with Crippen LogP contribution >= 0.6 is 0 Å². The summed E-state index contributed by atoms with van der Waals surface area (Å²) in [4.78, 5) is 0.369. The maximum Gasteiger partial charge on any atom is 0.243 e. The number of methoxy groups -OCH3 is 1. The Hall–Kier alpha value is -1.41. The molecule has 32 heavy (non-hydrogen) atoms. The number of hydrogen-bond donors (Lipinski definition) is 0. The highest BCUT2D eigenvalue weighted by atomic mass is 32.2. The van der Waals surface area contributed by atoms with E-state index in [1.807, 2.05) is 25.1 Å². The van der Waals surface area contributed by atoms with Gasteiger partial charge in [0.15, 0.2) is 6.29 Å². The lowest BCUT2D eigenvalue weighted by Crippen LogP contribution is -2.43. The van der Waals surface area contributed by atoms with E-state index in [-0.39, 0.29) is 12.3 Å². The SMILES string of the molecule is COC1=CCN(S(=O)(=O)c2ccc(C)cc2)C(CCCCCCCCC2OCCCO2)C1. The van der Waals surface area contributed by atoms with E-state index in [1.165, 1.54) is 19.3 Å². The molecule has 3 rings (SSSR count). The predicted octanol–water partition coefficient (Wildman–Crippen LogP) is 5.17. The Morgan fingerprint density at radius 3 is 2.25 bits per heavy atom. The normalized spacial score (nSPS) is 20.8. The van der Waals surface area contributed by atoms with Gasteiger partial charge in [-0.1, -0.05) is 49.8 Å². The van der Waals surface area contributed by atoms with Gasteiger partial charge in [0.25, 0.3) is 0 Å². The van der Waals surface area contributed by atoms with Crippen molar-refractivity contribution in [2.75, 3.05) is 26.9 Å². The van der Waals surface area contributed by atoms with Crippen LogP contribution in [0.15, 0.2) is 41.0 Å². The molecular formula is C25H39NO5S. The molecule has 1 unspecified atom stereocenters. The fourth-order valence-corrected chi connectivity index (χ4v) is 6.01. The smallest absolute Gasteiger partial charge is 0.243 e. The molecule has 0 radical (unpaired) electrons. The molecule has 2 heterocycles. The molecule has 0 aliphatic carbocycles. The Morgan fingerprint density at radius 2 is 1.59 bits per heavy atom. The number of sulfonamides is 1. The summed E-state index contributed by atoms with van der Waals surface area (Å²) in [6.07, 6.45) is 12.2. The third-order valence-electron chi connectivity index (χ3n) is 6.36. The summed E-state index contributed by atoms with van der Waals surface area (Å²) in [6, 6.07) is 7.08. The number of rotatable bonds is 12. The molecule has 0 N–H and O–H groups in total. The second-order valence-corrected chi connectivity index (χ2v) is 10.7. The lowest BCUT2D eigenvalue weighted by Gasteiger charge is -2.34. The van der Waals surface area contributed by atoms with Crippen molar-refractivity contribution in [2.45, 2.75) is 88.4 Å². The van der Waals surface area contributed by atoms with Crippen LogP contribution in [0.2, 0.25) is 0 Å². The Kier molecular flexibility index (Phi) is 10.0. The van der Waals surface area contributed by atoms with Crippen LogP contribution in [0.1, 0.15) is 69.8 Å². The second kappa shape index (κ2) is 12.7. The molecule has 0 amide bonds. The van der Waals surface area contributed by atoms with E-state index in [4.69, 9.17) is 14.2 Å². The highest BCUT2D eigenvalue weighted by molar-refractivity contribution is 7.89. The molecule has 1 aromatic rings. The van der Waals surface area contributed by atoms with Crippen LogP contribution in [0.4, 0.5) is 0 Å². The van der Waals surface area contributed by atoms with E-state index in [9.17, 15) is 8.42 Å². The first kappa shape index (κ1) is 25.2. The Labute approximate surface area is 194 Å². The van der Waals surface area contributed by atoms with Crippen molar-refractivity contribution in [3.05, 3.63) is 41.7 Å². The van der Waals surface area contributed by atoms with Crippen LogP contribution in [0.3, 0.4) is 0 Å². The van der Waals surface area contributed by atoms with E-state index < -0.39 is 10.0 Å². The summed E-state index contributed by atoms with van der Waals surface area (Å²) in [7, 11) is -1.85. The average Bonchev–Trinajstić information content (AvgIpc) is 2.81. The molecule has 0 aromatic heterocycles. The topological polar surface area (TPSA) is 65.1 Å². The first-order valence-corrected chi connectivity index (χ1v) is 13.5. The molecule has 0 bridgehead atoms. The second-order valence-electron chi connectivity index (χ2n) is 8.84. The van der Waals surface area contributed by atoms with Gasteiger partial charge in [0, 0.05) is 19.0 Å². The molecule has 180 valence electrons. The van der Waals surface area contributed by atoms with Crippen LogP contribution in [0, 0.1) is 6.92 Å². The molecular weight excluding hydrogens is 426 g/mol. The largest absolute Gasteiger partial charge is 0.501 e. The quantitative estimate of drug-likeness (QED) is 0.398. The fraction of sp³-hybridized carbons (Fsp3) is 0.680. The number of hydrogen-bond acceptors (Lipinski definition) is 5. The van der Waals surface area contributed by atoms with Gasteiger partial charge in [-0.15, -0.1) is 0 Å². The first-order chi connectivity index (χ1) is 15.5. The van der Waals surface area contributed by atoms with Crippen molar-refractivity contribution >= 4 is 10.0 Å². The van der Waals surface area contributed by atoms with Crippen LogP contribution in [-0.4, -0.2) is 51.9 Å². The molecule has 1 fully saturated rings. The van der Waals surface area contributed by atoms with Crippen LogP contribution in [0.5, 0.6) is 0 Å². The molecule has 2 aliphatic rings. The fourth-order valence-electron chi connectivity index (χ4n) is 4.41. The summed E-state index contributed by atoms with van der Waals surface area (Å²) in [6.45, 7) is 3.98. The zero-order valence-corrected chi connectivity index (χ0v) is 20.4. The predicted molar refractivity (Wildman–Crippen MR) is 126 cm³/mol. The molecule has 1 saturated heterocycles.